The van der Waals surface area contributed by atoms with E-state index >= 15 is 0 Å². The van der Waals surface area contributed by atoms with E-state index in [1.807, 2.05) is 0 Å². The van der Waals surface area contributed by atoms with E-state index in [1.54, 1.807) is 0 Å². The first-order valence-electron chi connectivity index (χ1n) is 8.12. The van der Waals surface area contributed by atoms with Gasteiger partial charge < -0.3 is 11.1 Å². The zero-order chi connectivity index (χ0) is 13.8. The van der Waals surface area contributed by atoms with Crippen molar-refractivity contribution in [1.82, 2.24) is 5.32 Å². The lowest BCUT2D eigenvalue weighted by Gasteiger charge is -2.33. The second-order valence-electron chi connectivity index (χ2n) is 6.91. The molecule has 0 heterocycles. The summed E-state index contributed by atoms with van der Waals surface area (Å²) in [5.74, 6) is 2.41. The number of rotatable bonds is 4. The van der Waals surface area contributed by atoms with Gasteiger partial charge in [-0.2, -0.15) is 0 Å². The smallest absolute Gasteiger partial charge is 0.223 e. The molecule has 2 saturated carbocycles. The molecule has 0 aromatic heterocycles. The quantitative estimate of drug-likeness (QED) is 0.822. The summed E-state index contributed by atoms with van der Waals surface area (Å²) in [5.41, 5.74) is 5.78. The van der Waals surface area contributed by atoms with Gasteiger partial charge in [0.1, 0.15) is 0 Å². The summed E-state index contributed by atoms with van der Waals surface area (Å²) < 4.78 is 0. The molecule has 0 saturated heterocycles. The van der Waals surface area contributed by atoms with Crippen LogP contribution in [0.2, 0.25) is 0 Å². The average molecular weight is 266 g/mol. The highest BCUT2D eigenvalue weighted by molar-refractivity contribution is 5.79. The number of carbonyl (C=O) groups excluding carboxylic acids is 1. The molecule has 0 radical (unpaired) electrons. The monoisotopic (exact) mass is 266 g/mol. The molecule has 19 heavy (non-hydrogen) atoms. The van der Waals surface area contributed by atoms with E-state index in [1.165, 1.54) is 25.7 Å². The fourth-order valence-corrected chi connectivity index (χ4v) is 3.94. The largest absolute Gasteiger partial charge is 0.353 e. The highest BCUT2D eigenvalue weighted by Crippen LogP contribution is 2.33. The Morgan fingerprint density at radius 2 is 1.95 bits per heavy atom. The maximum Gasteiger partial charge on any atom is 0.223 e. The minimum Gasteiger partial charge on any atom is -0.353 e. The first kappa shape index (κ1) is 14.8. The van der Waals surface area contributed by atoms with Crippen LogP contribution in [0.4, 0.5) is 0 Å². The number of hydrogen-bond donors (Lipinski definition) is 2. The fraction of sp³-hybridized carbons (Fsp3) is 0.938. The summed E-state index contributed by atoms with van der Waals surface area (Å²) in [6, 6.07) is 0.410. The van der Waals surface area contributed by atoms with E-state index in [9.17, 15) is 4.79 Å². The molecule has 2 aliphatic rings. The van der Waals surface area contributed by atoms with Gasteiger partial charge in [0.15, 0.2) is 0 Å². The lowest BCUT2D eigenvalue weighted by molar-refractivity contribution is -0.127. The van der Waals surface area contributed by atoms with Crippen molar-refractivity contribution in [2.75, 3.05) is 6.54 Å². The number of amides is 1. The average Bonchev–Trinajstić information content (AvgIpc) is 2.87. The van der Waals surface area contributed by atoms with Crippen molar-refractivity contribution in [3.8, 4) is 0 Å². The molecule has 2 unspecified atom stereocenters. The number of hydrogen-bond acceptors (Lipinski definition) is 2. The van der Waals surface area contributed by atoms with Gasteiger partial charge in [0.2, 0.25) is 5.91 Å². The van der Waals surface area contributed by atoms with Crippen LogP contribution >= 0.6 is 0 Å². The van der Waals surface area contributed by atoms with Crippen molar-refractivity contribution in [2.24, 2.45) is 29.4 Å². The molecule has 4 atom stereocenters. The van der Waals surface area contributed by atoms with Crippen molar-refractivity contribution in [1.29, 1.82) is 0 Å². The van der Waals surface area contributed by atoms with Crippen LogP contribution in [0.1, 0.15) is 58.8 Å². The van der Waals surface area contributed by atoms with Crippen LogP contribution in [0.25, 0.3) is 0 Å². The van der Waals surface area contributed by atoms with Gasteiger partial charge in [0.25, 0.3) is 0 Å². The summed E-state index contributed by atoms with van der Waals surface area (Å²) in [5, 5.41) is 3.32. The van der Waals surface area contributed by atoms with Crippen LogP contribution in [0, 0.1) is 23.7 Å². The fourth-order valence-electron chi connectivity index (χ4n) is 3.94. The van der Waals surface area contributed by atoms with Crippen molar-refractivity contribution in [2.45, 2.75) is 64.8 Å². The lowest BCUT2D eigenvalue weighted by Crippen LogP contribution is -2.43. The second-order valence-corrected chi connectivity index (χ2v) is 6.91. The molecule has 3 heteroatoms. The van der Waals surface area contributed by atoms with Gasteiger partial charge in [-0.25, -0.2) is 0 Å². The van der Waals surface area contributed by atoms with Crippen molar-refractivity contribution >= 4 is 5.91 Å². The maximum atomic E-state index is 12.4. The Labute approximate surface area is 117 Å². The molecular weight excluding hydrogens is 236 g/mol. The van der Waals surface area contributed by atoms with Crippen LogP contribution < -0.4 is 11.1 Å². The summed E-state index contributed by atoms with van der Waals surface area (Å²) >= 11 is 0. The minimum atomic E-state index is 0.185. The van der Waals surface area contributed by atoms with Gasteiger partial charge in [0.05, 0.1) is 0 Å². The first-order chi connectivity index (χ1) is 9.11. The van der Waals surface area contributed by atoms with Gasteiger partial charge >= 0.3 is 0 Å². The zero-order valence-corrected chi connectivity index (χ0v) is 12.5. The molecule has 0 aromatic rings. The molecule has 2 fully saturated rings. The third-order valence-electron chi connectivity index (χ3n) is 5.30. The summed E-state index contributed by atoms with van der Waals surface area (Å²) in [6.45, 7) is 5.27. The molecule has 2 aliphatic carbocycles. The van der Waals surface area contributed by atoms with E-state index in [0.29, 0.717) is 18.5 Å². The normalized spacial score (nSPS) is 35.6. The molecule has 110 valence electrons. The van der Waals surface area contributed by atoms with Gasteiger partial charge in [-0.15, -0.1) is 0 Å². The van der Waals surface area contributed by atoms with Crippen LogP contribution in [-0.2, 0) is 4.79 Å². The van der Waals surface area contributed by atoms with E-state index in [4.69, 9.17) is 5.73 Å². The van der Waals surface area contributed by atoms with Crippen LogP contribution in [-0.4, -0.2) is 18.5 Å². The molecule has 0 spiro atoms. The van der Waals surface area contributed by atoms with Crippen molar-refractivity contribution in [3.05, 3.63) is 0 Å². The Morgan fingerprint density at radius 3 is 2.63 bits per heavy atom. The van der Waals surface area contributed by atoms with E-state index in [-0.39, 0.29) is 11.8 Å². The first-order valence-corrected chi connectivity index (χ1v) is 8.12. The van der Waals surface area contributed by atoms with Crippen LogP contribution in [0.3, 0.4) is 0 Å². The summed E-state index contributed by atoms with van der Waals surface area (Å²) in [7, 11) is 0. The Morgan fingerprint density at radius 1 is 1.21 bits per heavy atom. The standard InChI is InChI=1S/C16H30N2O/c1-11(2)12-5-3-7-14(9-12)18-16(19)15-8-4-6-13(15)10-17/h11-15H,3-10,17H2,1-2H3,(H,18,19)/t12?,13-,14?,15-/m1/s1. The Kier molecular flexibility index (Phi) is 5.26. The Balaban J connectivity index is 1.84. The SMILES string of the molecule is CC(C)C1CCCC(NC(=O)[C@@H]2CCC[C@@H]2CN)C1. The van der Waals surface area contributed by atoms with Gasteiger partial charge in [-0.05, 0) is 50.0 Å². The minimum absolute atomic E-state index is 0.185. The highest BCUT2D eigenvalue weighted by Gasteiger charge is 2.34. The Bertz CT molecular complexity index is 303. The molecule has 3 nitrogen and oxygen atoms in total. The van der Waals surface area contributed by atoms with Crippen LogP contribution in [0.15, 0.2) is 0 Å². The number of nitrogens with one attached hydrogen (secondary N) is 1. The predicted molar refractivity (Wildman–Crippen MR) is 78.6 cm³/mol. The van der Waals surface area contributed by atoms with E-state index in [0.717, 1.165) is 31.1 Å². The van der Waals surface area contributed by atoms with Crippen molar-refractivity contribution < 1.29 is 4.79 Å². The topological polar surface area (TPSA) is 55.1 Å². The zero-order valence-electron chi connectivity index (χ0n) is 12.5. The molecule has 0 bridgehead atoms. The maximum absolute atomic E-state index is 12.4. The molecule has 0 aromatic carbocycles. The second kappa shape index (κ2) is 6.74. The van der Waals surface area contributed by atoms with Gasteiger partial charge in [-0.1, -0.05) is 33.1 Å². The van der Waals surface area contributed by atoms with Crippen molar-refractivity contribution in [3.63, 3.8) is 0 Å². The predicted octanol–water partition coefficient (Wildman–Crippen LogP) is 2.69. The van der Waals surface area contributed by atoms with E-state index in [2.05, 4.69) is 19.2 Å². The number of nitrogens with two attached hydrogens (primary N) is 1. The lowest BCUT2D eigenvalue weighted by atomic mass is 9.79. The van der Waals surface area contributed by atoms with Gasteiger partial charge in [-0.3, -0.25) is 4.79 Å². The third kappa shape index (κ3) is 3.71. The van der Waals surface area contributed by atoms with E-state index < -0.39 is 0 Å². The van der Waals surface area contributed by atoms with Gasteiger partial charge in [0, 0.05) is 12.0 Å². The molecule has 2 rings (SSSR count). The Hall–Kier alpha value is -0.570. The summed E-state index contributed by atoms with van der Waals surface area (Å²) in [6.07, 6.45) is 8.26. The molecular formula is C16H30N2O. The van der Waals surface area contributed by atoms with Crippen LogP contribution in [0.5, 0.6) is 0 Å². The third-order valence-corrected chi connectivity index (χ3v) is 5.30. The summed E-state index contributed by atoms with van der Waals surface area (Å²) in [4.78, 5) is 12.4. The number of carbonyl (C=O) groups is 1. The molecule has 0 aliphatic heterocycles. The molecule has 1 amide bonds. The highest BCUT2D eigenvalue weighted by atomic mass is 16.2. The molecule has 3 N–H and O–H groups in total.